The number of rotatable bonds is 3. The first-order valence-electron chi connectivity index (χ1n) is 5.81. The number of aryl methyl sites for hydroxylation is 1. The van der Waals surface area contributed by atoms with Crippen molar-refractivity contribution >= 4 is 15.9 Å². The Bertz CT molecular complexity index is 647. The second-order valence-corrected chi connectivity index (χ2v) is 5.27. The lowest BCUT2D eigenvalue weighted by Gasteiger charge is -2.20. The van der Waals surface area contributed by atoms with E-state index in [4.69, 9.17) is 5.84 Å². The van der Waals surface area contributed by atoms with Crippen LogP contribution in [0.5, 0.6) is 0 Å². The number of nitrogens with two attached hydrogens (primary N) is 1. The molecule has 0 aliphatic heterocycles. The van der Waals surface area contributed by atoms with E-state index in [0.29, 0.717) is 4.47 Å². The molecule has 0 radical (unpaired) electrons. The maximum atomic E-state index is 14.1. The van der Waals surface area contributed by atoms with Crippen LogP contribution in [0.1, 0.15) is 22.7 Å². The van der Waals surface area contributed by atoms with Gasteiger partial charge in [-0.15, -0.1) is 0 Å². The highest BCUT2D eigenvalue weighted by atomic mass is 79.9. The molecule has 0 aromatic heterocycles. The van der Waals surface area contributed by atoms with E-state index in [2.05, 4.69) is 21.4 Å². The van der Waals surface area contributed by atoms with Gasteiger partial charge in [0.25, 0.3) is 0 Å². The third-order valence-electron chi connectivity index (χ3n) is 3.04. The van der Waals surface area contributed by atoms with E-state index in [1.165, 1.54) is 31.2 Å². The quantitative estimate of drug-likeness (QED) is 0.657. The number of hydrogen-bond acceptors (Lipinski definition) is 2. The molecule has 0 amide bonds. The molecule has 20 heavy (non-hydrogen) atoms. The van der Waals surface area contributed by atoms with Gasteiger partial charge in [0.05, 0.1) is 6.04 Å². The molecule has 2 aromatic carbocycles. The second kappa shape index (κ2) is 5.95. The molecule has 0 saturated carbocycles. The topological polar surface area (TPSA) is 38.0 Å². The first-order chi connectivity index (χ1) is 9.45. The summed E-state index contributed by atoms with van der Waals surface area (Å²) in [5, 5.41) is 0. The molecule has 3 N–H and O–H groups in total. The molecule has 1 unspecified atom stereocenters. The van der Waals surface area contributed by atoms with Crippen LogP contribution in [0.25, 0.3) is 0 Å². The highest BCUT2D eigenvalue weighted by Gasteiger charge is 2.24. The Kier molecular flexibility index (Phi) is 4.47. The number of nitrogens with one attached hydrogen (secondary N) is 1. The Morgan fingerprint density at radius 1 is 1.10 bits per heavy atom. The van der Waals surface area contributed by atoms with Crippen molar-refractivity contribution < 1.29 is 13.2 Å². The van der Waals surface area contributed by atoms with Crippen LogP contribution in [0.15, 0.2) is 34.8 Å². The Morgan fingerprint density at radius 3 is 2.40 bits per heavy atom. The lowest BCUT2D eigenvalue weighted by molar-refractivity contribution is 0.492. The van der Waals surface area contributed by atoms with Gasteiger partial charge in [0, 0.05) is 15.6 Å². The summed E-state index contributed by atoms with van der Waals surface area (Å²) < 4.78 is 42.5. The monoisotopic (exact) mass is 344 g/mol. The summed E-state index contributed by atoms with van der Waals surface area (Å²) in [6, 6.07) is 5.46. The Labute approximate surface area is 122 Å². The zero-order valence-electron chi connectivity index (χ0n) is 10.6. The van der Waals surface area contributed by atoms with E-state index >= 15 is 0 Å². The predicted molar refractivity (Wildman–Crippen MR) is 74.4 cm³/mol. The number of benzene rings is 2. The maximum absolute atomic E-state index is 14.1. The number of hydrogen-bond donors (Lipinski definition) is 2. The average Bonchev–Trinajstić information content (AvgIpc) is 2.42. The molecule has 6 heteroatoms. The van der Waals surface area contributed by atoms with E-state index < -0.39 is 23.5 Å². The van der Waals surface area contributed by atoms with Crippen LogP contribution in [0.2, 0.25) is 0 Å². The molecule has 0 heterocycles. The van der Waals surface area contributed by atoms with Gasteiger partial charge in [-0.05, 0) is 36.8 Å². The van der Waals surface area contributed by atoms with Crippen LogP contribution < -0.4 is 11.3 Å². The molecule has 0 saturated heterocycles. The third-order valence-corrected chi connectivity index (χ3v) is 3.54. The van der Waals surface area contributed by atoms with Crippen molar-refractivity contribution in [2.24, 2.45) is 5.84 Å². The van der Waals surface area contributed by atoms with Gasteiger partial charge in [0.15, 0.2) is 0 Å². The SMILES string of the molecule is Cc1ccc(F)c(C(NN)c2cc(Br)ccc2F)c1F. The Hall–Kier alpha value is -1.37. The zero-order chi connectivity index (χ0) is 14.9. The molecule has 0 aliphatic rings. The normalized spacial score (nSPS) is 12.5. The van der Waals surface area contributed by atoms with Gasteiger partial charge in [-0.1, -0.05) is 22.0 Å². The van der Waals surface area contributed by atoms with Crippen molar-refractivity contribution in [2.75, 3.05) is 0 Å². The fourth-order valence-electron chi connectivity index (χ4n) is 2.01. The van der Waals surface area contributed by atoms with Crippen LogP contribution in [-0.4, -0.2) is 0 Å². The smallest absolute Gasteiger partial charge is 0.134 e. The minimum Gasteiger partial charge on any atom is -0.271 e. The van der Waals surface area contributed by atoms with E-state index in [-0.39, 0.29) is 16.7 Å². The van der Waals surface area contributed by atoms with Crippen LogP contribution in [-0.2, 0) is 0 Å². The third kappa shape index (κ3) is 2.72. The molecule has 0 aliphatic carbocycles. The minimum absolute atomic E-state index is 0.0604. The second-order valence-electron chi connectivity index (χ2n) is 4.36. The van der Waals surface area contributed by atoms with Crippen LogP contribution in [0.4, 0.5) is 13.2 Å². The van der Waals surface area contributed by atoms with Gasteiger partial charge in [-0.2, -0.15) is 0 Å². The summed E-state index contributed by atoms with van der Waals surface area (Å²) in [6.45, 7) is 1.50. The van der Waals surface area contributed by atoms with Gasteiger partial charge in [0.2, 0.25) is 0 Å². The van der Waals surface area contributed by atoms with Crippen molar-refractivity contribution in [3.05, 3.63) is 68.9 Å². The highest BCUT2D eigenvalue weighted by molar-refractivity contribution is 9.10. The fourth-order valence-corrected chi connectivity index (χ4v) is 2.39. The lowest BCUT2D eigenvalue weighted by atomic mass is 9.96. The summed E-state index contributed by atoms with van der Waals surface area (Å²) in [5.74, 6) is 3.25. The largest absolute Gasteiger partial charge is 0.271 e. The van der Waals surface area contributed by atoms with E-state index in [1.54, 1.807) is 0 Å². The molecule has 0 bridgehead atoms. The molecular formula is C14H12BrF3N2. The Morgan fingerprint density at radius 2 is 1.75 bits per heavy atom. The summed E-state index contributed by atoms with van der Waals surface area (Å²) in [7, 11) is 0. The highest BCUT2D eigenvalue weighted by Crippen LogP contribution is 2.31. The van der Waals surface area contributed by atoms with Crippen molar-refractivity contribution in [3.63, 3.8) is 0 Å². The van der Waals surface area contributed by atoms with Crippen molar-refractivity contribution in [1.82, 2.24) is 5.43 Å². The maximum Gasteiger partial charge on any atom is 0.134 e. The van der Waals surface area contributed by atoms with Crippen molar-refractivity contribution in [3.8, 4) is 0 Å². The predicted octanol–water partition coefficient (Wildman–Crippen LogP) is 3.73. The summed E-state index contributed by atoms with van der Waals surface area (Å²) in [5.41, 5.74) is 2.29. The van der Waals surface area contributed by atoms with Crippen molar-refractivity contribution in [2.45, 2.75) is 13.0 Å². The number of hydrazine groups is 1. The molecule has 2 rings (SSSR count). The number of halogens is 4. The van der Waals surface area contributed by atoms with Gasteiger partial charge < -0.3 is 0 Å². The molecule has 0 fully saturated rings. The Balaban J connectivity index is 2.64. The summed E-state index contributed by atoms with van der Waals surface area (Å²) >= 11 is 3.20. The van der Waals surface area contributed by atoms with Crippen LogP contribution in [0, 0.1) is 24.4 Å². The van der Waals surface area contributed by atoms with Gasteiger partial charge in [-0.3, -0.25) is 5.84 Å². The lowest BCUT2D eigenvalue weighted by Crippen LogP contribution is -2.31. The van der Waals surface area contributed by atoms with Crippen LogP contribution >= 0.6 is 15.9 Å². The molecule has 106 valence electrons. The van der Waals surface area contributed by atoms with E-state index in [9.17, 15) is 13.2 Å². The first kappa shape index (κ1) is 15.0. The standard InChI is InChI=1S/C14H12BrF3N2/c1-7-2-4-11(17)12(13(7)18)14(20-19)9-6-8(15)3-5-10(9)16/h2-6,14,20H,19H2,1H3. The van der Waals surface area contributed by atoms with Gasteiger partial charge in [-0.25, -0.2) is 18.6 Å². The first-order valence-corrected chi connectivity index (χ1v) is 6.60. The summed E-state index contributed by atoms with van der Waals surface area (Å²) in [4.78, 5) is 0. The van der Waals surface area contributed by atoms with Crippen molar-refractivity contribution in [1.29, 1.82) is 0 Å². The van der Waals surface area contributed by atoms with Gasteiger partial charge >= 0.3 is 0 Å². The molecule has 2 nitrogen and oxygen atoms in total. The zero-order valence-corrected chi connectivity index (χ0v) is 12.1. The minimum atomic E-state index is -1.12. The molecular weight excluding hydrogens is 333 g/mol. The summed E-state index contributed by atoms with van der Waals surface area (Å²) in [6.07, 6.45) is 0. The van der Waals surface area contributed by atoms with E-state index in [1.807, 2.05) is 0 Å². The molecule has 2 aromatic rings. The average molecular weight is 345 g/mol. The van der Waals surface area contributed by atoms with Gasteiger partial charge in [0.1, 0.15) is 17.5 Å². The van der Waals surface area contributed by atoms with Crippen LogP contribution in [0.3, 0.4) is 0 Å². The molecule has 1 atom stereocenters. The molecule has 0 spiro atoms. The van der Waals surface area contributed by atoms with E-state index in [0.717, 1.165) is 6.07 Å². The fraction of sp³-hybridized carbons (Fsp3) is 0.143.